The second-order valence-electron chi connectivity index (χ2n) is 18.4. The first-order valence-corrected chi connectivity index (χ1v) is 25.0. The van der Waals surface area contributed by atoms with Crippen molar-refractivity contribution in [2.45, 2.75) is 88.0 Å². The molecule has 1 fully saturated rings. The molecule has 1 spiro atoms. The highest BCUT2D eigenvalue weighted by atomic mass is 35.5. The molecule has 312 valence electrons. The summed E-state index contributed by atoms with van der Waals surface area (Å²) in [6, 6.07) is 32.2. The minimum atomic E-state index is -4.12. The van der Waals surface area contributed by atoms with E-state index in [0.717, 1.165) is 53.2 Å². The lowest BCUT2D eigenvalue weighted by molar-refractivity contribution is 0.0453. The number of aliphatic hydroxyl groups excluding tert-OH is 1. The third kappa shape index (κ3) is 8.15. The Hall–Kier alpha value is -3.93. The van der Waals surface area contributed by atoms with Gasteiger partial charge in [-0.05, 0) is 114 Å². The molecule has 0 radical (unpaired) electrons. The molecule has 2 aliphatic heterocycles. The summed E-state index contributed by atoms with van der Waals surface area (Å²) in [7, 11) is -7.08. The van der Waals surface area contributed by atoms with Gasteiger partial charge in [0.1, 0.15) is 5.75 Å². The molecule has 2 heterocycles. The van der Waals surface area contributed by atoms with E-state index in [1.807, 2.05) is 54.6 Å². The fraction of sp³-hybridized carbons (Fsp3) is 0.438. The number of carbonyl (C=O) groups is 1. The molecule has 4 aromatic rings. The summed E-state index contributed by atoms with van der Waals surface area (Å²) in [5, 5.41) is 13.7. The van der Waals surface area contributed by atoms with E-state index in [9.17, 15) is 18.3 Å². The van der Waals surface area contributed by atoms with Crippen molar-refractivity contribution in [3.63, 3.8) is 0 Å². The van der Waals surface area contributed by atoms with Gasteiger partial charge in [-0.1, -0.05) is 111 Å². The second kappa shape index (κ2) is 16.5. The molecule has 6 atom stereocenters. The number of halogens is 1. The van der Waals surface area contributed by atoms with Crippen molar-refractivity contribution in [1.29, 1.82) is 0 Å². The van der Waals surface area contributed by atoms with Gasteiger partial charge in [-0.25, -0.2) is 13.1 Å². The zero-order valence-electron chi connectivity index (χ0n) is 34.6. The van der Waals surface area contributed by atoms with Crippen LogP contribution in [0.15, 0.2) is 109 Å². The fourth-order valence-corrected chi connectivity index (χ4v) is 16.2. The van der Waals surface area contributed by atoms with Gasteiger partial charge >= 0.3 is 0 Å². The van der Waals surface area contributed by atoms with Crippen molar-refractivity contribution in [3.8, 4) is 5.75 Å². The van der Waals surface area contributed by atoms with E-state index in [2.05, 4.69) is 66.8 Å². The number of carbonyl (C=O) groups excluding carboxylic acids is 1. The number of hydrogen-bond donors (Lipinski definition) is 2. The Morgan fingerprint density at radius 3 is 2.34 bits per heavy atom. The molecular weight excluding hydrogens is 796 g/mol. The molecule has 1 amide bonds. The summed E-state index contributed by atoms with van der Waals surface area (Å²) < 4.78 is 44.4. The van der Waals surface area contributed by atoms with Gasteiger partial charge in [0.05, 0.1) is 23.6 Å². The molecule has 0 aromatic heterocycles. The van der Waals surface area contributed by atoms with Crippen LogP contribution in [-0.4, -0.2) is 65.4 Å². The van der Waals surface area contributed by atoms with Crippen LogP contribution in [0.25, 0.3) is 0 Å². The number of aliphatic hydroxyl groups is 1. The molecule has 0 unspecified atom stereocenters. The minimum Gasteiger partial charge on any atom is -0.490 e. The zero-order chi connectivity index (χ0) is 41.6. The van der Waals surface area contributed by atoms with Crippen molar-refractivity contribution in [2.75, 3.05) is 31.2 Å². The third-order valence-electron chi connectivity index (χ3n) is 13.6. The lowest BCUT2D eigenvalue weighted by Crippen LogP contribution is -2.66. The smallest absolute Gasteiger partial charge is 0.264 e. The predicted octanol–water partition coefficient (Wildman–Crippen LogP) is 7.80. The van der Waals surface area contributed by atoms with Gasteiger partial charge < -0.3 is 19.2 Å². The van der Waals surface area contributed by atoms with E-state index in [0.29, 0.717) is 25.4 Å². The summed E-state index contributed by atoms with van der Waals surface area (Å²) in [6.07, 6.45) is 8.07. The predicted molar refractivity (Wildman–Crippen MR) is 239 cm³/mol. The number of anilines is 1. The second-order valence-corrected chi connectivity index (χ2v) is 25.3. The van der Waals surface area contributed by atoms with Gasteiger partial charge in [-0.15, -0.1) is 0 Å². The van der Waals surface area contributed by atoms with Gasteiger partial charge in [0.25, 0.3) is 14.2 Å². The highest BCUT2D eigenvalue weighted by molar-refractivity contribution is 7.90. The van der Waals surface area contributed by atoms with Crippen LogP contribution in [0.2, 0.25) is 10.1 Å². The lowest BCUT2D eigenvalue weighted by Gasteiger charge is -2.45. The molecule has 2 aliphatic carbocycles. The number of benzene rings is 4. The first kappa shape index (κ1) is 41.8. The van der Waals surface area contributed by atoms with E-state index in [1.165, 1.54) is 11.1 Å². The van der Waals surface area contributed by atoms with Crippen LogP contribution in [-0.2, 0) is 26.3 Å². The maximum atomic E-state index is 14.0. The highest BCUT2D eigenvalue weighted by Crippen LogP contribution is 2.47. The standard InChI is InChI=1S/C48H57ClN2O6SSi/c1-33-26-34(30-57-59(47(2,3)4,39-13-7-5-8-14-39)40-15-9-6-10-16-40)17-23-44(52)41-21-18-37(41)29-51-31-48(25-11-12-35-27-38(49)20-22-42(35)48)32-56-45-24-19-36(28-43(45)51)46(53)50-58(33,54)55/h5-10,13-17,19-20,22-24,27-28,33-34,37,41,44,52H,11-12,18,21,25-26,29-32H2,1-4H3,(H,50,53)/b23-17-/t33-,34-,37-,41+,44-,48-/m0/s1. The molecule has 11 heteroatoms. The van der Waals surface area contributed by atoms with E-state index in [1.54, 1.807) is 25.1 Å². The van der Waals surface area contributed by atoms with Crippen molar-refractivity contribution < 1.29 is 27.5 Å². The molecule has 2 N–H and O–H groups in total. The van der Waals surface area contributed by atoms with Crippen molar-refractivity contribution >= 4 is 51.9 Å². The Kier molecular flexibility index (Phi) is 11.7. The molecule has 8 nitrogen and oxygen atoms in total. The van der Waals surface area contributed by atoms with Crippen molar-refractivity contribution in [2.24, 2.45) is 17.8 Å². The first-order chi connectivity index (χ1) is 28.2. The summed E-state index contributed by atoms with van der Waals surface area (Å²) in [6.45, 7) is 10.3. The average molecular weight is 854 g/mol. The van der Waals surface area contributed by atoms with Crippen LogP contribution in [0.3, 0.4) is 0 Å². The lowest BCUT2D eigenvalue weighted by atomic mass is 9.68. The number of nitrogens with zero attached hydrogens (tertiary/aromatic N) is 1. The third-order valence-corrected chi connectivity index (χ3v) is 20.5. The summed E-state index contributed by atoms with van der Waals surface area (Å²) >= 11 is 6.48. The molecule has 1 saturated carbocycles. The number of aryl methyl sites for hydroxylation is 1. The number of rotatable bonds is 5. The van der Waals surface area contributed by atoms with Gasteiger partial charge in [-0.3, -0.25) is 4.79 Å². The molecule has 4 aliphatic rings. The molecule has 59 heavy (non-hydrogen) atoms. The van der Waals surface area contributed by atoms with Gasteiger partial charge in [-0.2, -0.15) is 0 Å². The number of hydrogen-bond acceptors (Lipinski definition) is 7. The number of ether oxygens (including phenoxy) is 1. The summed E-state index contributed by atoms with van der Waals surface area (Å²) in [5.74, 6) is -0.158. The Balaban J connectivity index is 1.15. The van der Waals surface area contributed by atoms with Crippen LogP contribution in [0, 0.1) is 17.8 Å². The highest BCUT2D eigenvalue weighted by Gasteiger charge is 2.51. The normalized spacial score (nSPS) is 27.6. The van der Waals surface area contributed by atoms with E-state index < -0.39 is 35.6 Å². The SMILES string of the molecule is C[C@H]1C[C@@H](CO[Si](c2ccccc2)(c2ccccc2)C(C)(C)C)/C=C\[C@H](O)[C@@H]2CC[C@H]2CN2C[C@@]3(CCCc4cc(Cl)ccc43)COc3ccc(cc32)C(=O)NS1(=O)=O. The fourth-order valence-electron chi connectivity index (χ4n) is 10.3. The Morgan fingerprint density at radius 2 is 1.68 bits per heavy atom. The van der Waals surface area contributed by atoms with E-state index in [4.69, 9.17) is 20.8 Å². The molecule has 0 saturated heterocycles. The molecule has 4 aromatic carbocycles. The van der Waals surface area contributed by atoms with Crippen LogP contribution >= 0.6 is 11.6 Å². The first-order valence-electron chi connectivity index (χ1n) is 21.2. The largest absolute Gasteiger partial charge is 0.490 e. The van der Waals surface area contributed by atoms with Crippen molar-refractivity contribution in [3.05, 3.63) is 131 Å². The molecule has 8 rings (SSSR count). The average Bonchev–Trinajstić information content (AvgIpc) is 3.35. The number of sulfonamides is 1. The Bertz CT molecular complexity index is 2260. The van der Waals surface area contributed by atoms with Crippen LogP contribution in [0.4, 0.5) is 5.69 Å². The van der Waals surface area contributed by atoms with Gasteiger partial charge in [0.15, 0.2) is 0 Å². The van der Waals surface area contributed by atoms with E-state index >= 15 is 0 Å². The van der Waals surface area contributed by atoms with Crippen LogP contribution in [0.5, 0.6) is 5.75 Å². The summed E-state index contributed by atoms with van der Waals surface area (Å²) in [4.78, 5) is 16.3. The van der Waals surface area contributed by atoms with Gasteiger partial charge in [0, 0.05) is 41.6 Å². The zero-order valence-corrected chi connectivity index (χ0v) is 37.1. The quantitative estimate of drug-likeness (QED) is 0.156. The molecular formula is C48H57ClN2O6SSi. The maximum Gasteiger partial charge on any atom is 0.264 e. The number of nitrogens with one attached hydrogen (secondary N) is 1. The van der Waals surface area contributed by atoms with Crippen molar-refractivity contribution in [1.82, 2.24) is 4.72 Å². The molecule has 2 bridgehead atoms. The van der Waals surface area contributed by atoms with Crippen LogP contribution < -0.4 is 24.7 Å². The Morgan fingerprint density at radius 1 is 0.966 bits per heavy atom. The number of amides is 1. The monoisotopic (exact) mass is 852 g/mol. The Labute approximate surface area is 356 Å². The van der Waals surface area contributed by atoms with Crippen LogP contribution in [0.1, 0.15) is 81.3 Å². The maximum absolute atomic E-state index is 14.0. The van der Waals surface area contributed by atoms with Gasteiger partial charge in [0.2, 0.25) is 10.0 Å². The van der Waals surface area contributed by atoms with E-state index in [-0.39, 0.29) is 46.8 Å². The summed E-state index contributed by atoms with van der Waals surface area (Å²) in [5.41, 5.74) is 3.19. The number of fused-ring (bicyclic) bond motifs is 4. The topological polar surface area (TPSA) is 105 Å². The minimum absolute atomic E-state index is 0.0195.